The average molecular weight is 154 g/mol. The maximum Gasteiger partial charge on any atom is 0.318 e. The third-order valence-electron chi connectivity index (χ3n) is 0.372. The standard InChI is InChI=1S/C2H6N2O2S2/c5-2(6)1-3-4(7)8/h3,7-8H,1H2,(H,5,6). The highest BCUT2D eigenvalue weighted by atomic mass is 32.2. The smallest absolute Gasteiger partial charge is 0.318 e. The molecule has 0 aliphatic rings. The molecule has 0 saturated heterocycles. The van der Waals surface area contributed by atoms with Crippen molar-refractivity contribution in [3.8, 4) is 0 Å². The number of nitrogens with zero attached hydrogens (tertiary/aromatic N) is 1. The summed E-state index contributed by atoms with van der Waals surface area (Å²) in [5.41, 5.74) is 2.31. The van der Waals surface area contributed by atoms with Gasteiger partial charge in [0.1, 0.15) is 6.54 Å². The first kappa shape index (κ1) is 8.09. The molecule has 4 nitrogen and oxygen atoms in total. The third kappa shape index (κ3) is 6.09. The van der Waals surface area contributed by atoms with Gasteiger partial charge in [-0.1, -0.05) is 25.6 Å². The minimum absolute atomic E-state index is 0.174. The van der Waals surface area contributed by atoms with Crippen LogP contribution in [0.25, 0.3) is 0 Å². The highest BCUT2D eigenvalue weighted by Crippen LogP contribution is 1.87. The Balaban J connectivity index is 3.05. The molecule has 0 amide bonds. The Hall–Kier alpha value is 0.0900. The molecule has 8 heavy (non-hydrogen) atoms. The topological polar surface area (TPSA) is 52.6 Å². The van der Waals surface area contributed by atoms with Gasteiger partial charge >= 0.3 is 5.97 Å². The number of thiol groups is 2. The van der Waals surface area contributed by atoms with Crippen molar-refractivity contribution in [2.45, 2.75) is 0 Å². The predicted octanol–water partition coefficient (Wildman–Crippen LogP) is -0.433. The van der Waals surface area contributed by atoms with Gasteiger partial charge in [0.05, 0.1) is 0 Å². The summed E-state index contributed by atoms with van der Waals surface area (Å²) in [6, 6.07) is 0. The lowest BCUT2D eigenvalue weighted by atomic mass is 10.7. The van der Waals surface area contributed by atoms with Crippen molar-refractivity contribution >= 4 is 31.6 Å². The van der Waals surface area contributed by atoms with Crippen molar-refractivity contribution in [3.05, 3.63) is 0 Å². The highest BCUT2D eigenvalue weighted by molar-refractivity contribution is 7.93. The highest BCUT2D eigenvalue weighted by Gasteiger charge is 1.94. The van der Waals surface area contributed by atoms with Gasteiger partial charge in [-0.3, -0.25) is 4.79 Å². The Bertz CT molecular complexity index is 86.1. The van der Waals surface area contributed by atoms with E-state index >= 15 is 0 Å². The number of hydrogen-bond donors (Lipinski definition) is 4. The van der Waals surface area contributed by atoms with Crippen LogP contribution < -0.4 is 5.43 Å². The molecule has 0 aromatic heterocycles. The Morgan fingerprint density at radius 3 is 2.38 bits per heavy atom. The molecule has 48 valence electrons. The molecular formula is C2H6N2O2S2. The van der Waals surface area contributed by atoms with Gasteiger partial charge in [-0.05, 0) is 0 Å². The molecule has 6 heteroatoms. The fourth-order valence-electron chi connectivity index (χ4n) is 0.138. The van der Waals surface area contributed by atoms with Crippen LogP contribution in [0.4, 0.5) is 0 Å². The van der Waals surface area contributed by atoms with E-state index in [-0.39, 0.29) is 6.54 Å². The number of hydrazine groups is 1. The molecule has 2 N–H and O–H groups in total. The van der Waals surface area contributed by atoms with Crippen LogP contribution in [-0.2, 0) is 4.79 Å². The Morgan fingerprint density at radius 2 is 2.25 bits per heavy atom. The van der Waals surface area contributed by atoms with Gasteiger partial charge in [0.2, 0.25) is 0 Å². The molecule has 0 aromatic rings. The van der Waals surface area contributed by atoms with Crippen LogP contribution >= 0.6 is 25.6 Å². The molecule has 0 rings (SSSR count). The van der Waals surface area contributed by atoms with Gasteiger partial charge in [-0.25, -0.2) is 5.43 Å². The van der Waals surface area contributed by atoms with Crippen LogP contribution in [0, 0.1) is 0 Å². The van der Waals surface area contributed by atoms with E-state index in [9.17, 15) is 4.79 Å². The van der Waals surface area contributed by atoms with E-state index in [0.29, 0.717) is 0 Å². The van der Waals surface area contributed by atoms with Crippen molar-refractivity contribution in [1.29, 1.82) is 0 Å². The van der Waals surface area contributed by atoms with E-state index in [4.69, 9.17) is 5.11 Å². The van der Waals surface area contributed by atoms with Gasteiger partial charge in [0.15, 0.2) is 0 Å². The van der Waals surface area contributed by atoms with Crippen molar-refractivity contribution in [2.24, 2.45) is 0 Å². The van der Waals surface area contributed by atoms with Crippen molar-refractivity contribution < 1.29 is 9.90 Å². The predicted molar refractivity (Wildman–Crippen MR) is 35.4 cm³/mol. The number of carbonyl (C=O) groups is 1. The van der Waals surface area contributed by atoms with E-state index in [2.05, 4.69) is 31.1 Å². The normalized spacial score (nSPS) is 9.88. The zero-order valence-corrected chi connectivity index (χ0v) is 5.69. The van der Waals surface area contributed by atoms with Gasteiger partial charge < -0.3 is 5.11 Å². The number of hydrogen-bond acceptors (Lipinski definition) is 5. The lowest BCUT2D eigenvalue weighted by molar-refractivity contribution is -0.136. The summed E-state index contributed by atoms with van der Waals surface area (Å²) in [5.74, 6) is -0.946. The molecule has 0 saturated carbocycles. The van der Waals surface area contributed by atoms with Crippen LogP contribution in [0.3, 0.4) is 0 Å². The number of carboxylic acids is 1. The Labute approximate surface area is 57.9 Å². The molecule has 0 atom stereocenters. The van der Waals surface area contributed by atoms with Crippen LogP contribution in [0.5, 0.6) is 0 Å². The average Bonchev–Trinajstić information content (AvgIpc) is 1.61. The summed E-state index contributed by atoms with van der Waals surface area (Å²) >= 11 is 7.19. The van der Waals surface area contributed by atoms with E-state index in [1.807, 2.05) is 0 Å². The number of aliphatic carboxylic acids is 1. The Morgan fingerprint density at radius 1 is 1.75 bits per heavy atom. The lowest BCUT2D eigenvalue weighted by Crippen LogP contribution is -2.28. The molecule has 0 radical (unpaired) electrons. The largest absolute Gasteiger partial charge is 0.480 e. The number of nitrogens with one attached hydrogen (secondary N) is 1. The maximum atomic E-state index is 9.75. The molecule has 0 aliphatic carbocycles. The van der Waals surface area contributed by atoms with Crippen LogP contribution in [-0.4, -0.2) is 21.4 Å². The summed E-state index contributed by atoms with van der Waals surface area (Å²) in [6.07, 6.45) is 0. The fourth-order valence-corrected chi connectivity index (χ4v) is 0.280. The molecule has 0 fully saturated rings. The fraction of sp³-hybridized carbons (Fsp3) is 0.500. The minimum atomic E-state index is -0.946. The lowest BCUT2D eigenvalue weighted by Gasteiger charge is -2.04. The summed E-state index contributed by atoms with van der Waals surface area (Å²) in [5, 5.41) is 8.01. The van der Waals surface area contributed by atoms with Gasteiger partial charge in [-0.15, -0.1) is 3.82 Å². The zero-order chi connectivity index (χ0) is 6.57. The summed E-state index contributed by atoms with van der Waals surface area (Å²) in [6.45, 7) is -0.174. The first-order chi connectivity index (χ1) is 3.63. The van der Waals surface area contributed by atoms with Crippen molar-refractivity contribution in [3.63, 3.8) is 0 Å². The second-order valence-corrected chi connectivity index (χ2v) is 2.13. The minimum Gasteiger partial charge on any atom is -0.480 e. The van der Waals surface area contributed by atoms with E-state index < -0.39 is 5.97 Å². The quantitative estimate of drug-likeness (QED) is 0.329. The molecule has 0 aromatic carbocycles. The third-order valence-corrected chi connectivity index (χ3v) is 0.655. The zero-order valence-electron chi connectivity index (χ0n) is 3.90. The maximum absolute atomic E-state index is 9.75. The van der Waals surface area contributed by atoms with Crippen LogP contribution in [0.2, 0.25) is 0 Å². The SMILES string of the molecule is O=C(O)CNN(S)S. The molecule has 0 aliphatic heterocycles. The number of rotatable bonds is 3. The van der Waals surface area contributed by atoms with Gasteiger partial charge in [0, 0.05) is 0 Å². The number of carboxylic acid groups (broad SMARTS) is 1. The summed E-state index contributed by atoms with van der Waals surface area (Å²) < 4.78 is 0.980. The van der Waals surface area contributed by atoms with E-state index in [1.54, 1.807) is 0 Å². The molecular weight excluding hydrogens is 148 g/mol. The van der Waals surface area contributed by atoms with Gasteiger partial charge in [0.25, 0.3) is 0 Å². The Kier molecular flexibility index (Phi) is 4.06. The second-order valence-electron chi connectivity index (χ2n) is 1.02. The first-order valence-corrected chi connectivity index (χ1v) is 2.56. The summed E-state index contributed by atoms with van der Waals surface area (Å²) in [7, 11) is 0. The van der Waals surface area contributed by atoms with Crippen molar-refractivity contribution in [1.82, 2.24) is 9.25 Å². The monoisotopic (exact) mass is 154 g/mol. The van der Waals surface area contributed by atoms with Crippen molar-refractivity contribution in [2.75, 3.05) is 6.54 Å². The van der Waals surface area contributed by atoms with E-state index in [1.165, 1.54) is 0 Å². The first-order valence-electron chi connectivity index (χ1n) is 1.76. The summed E-state index contributed by atoms with van der Waals surface area (Å²) in [4.78, 5) is 9.75. The second kappa shape index (κ2) is 4.02. The molecule has 0 unspecified atom stereocenters. The van der Waals surface area contributed by atoms with Crippen LogP contribution in [0.15, 0.2) is 0 Å². The molecule has 0 bridgehead atoms. The van der Waals surface area contributed by atoms with Crippen LogP contribution in [0.1, 0.15) is 0 Å². The van der Waals surface area contributed by atoms with Gasteiger partial charge in [-0.2, -0.15) is 0 Å². The van der Waals surface area contributed by atoms with E-state index in [0.717, 1.165) is 3.82 Å². The molecule has 0 spiro atoms. The molecule has 0 heterocycles.